The molecule has 0 saturated carbocycles. The van der Waals surface area contributed by atoms with Crippen molar-refractivity contribution in [2.24, 2.45) is 10.9 Å². The first-order chi connectivity index (χ1) is 12.7. The normalized spacial score (nSPS) is 21.1. The predicted molar refractivity (Wildman–Crippen MR) is 125 cm³/mol. The Hall–Kier alpha value is -0.120. The lowest BCUT2D eigenvalue weighted by molar-refractivity contribution is 0.128. The molecule has 2 rings (SSSR count). The number of piperidine rings is 2. The summed E-state index contributed by atoms with van der Waals surface area (Å²) in [6.07, 6.45) is 6.28. The van der Waals surface area contributed by atoms with E-state index < -0.39 is 0 Å². The number of guanidine groups is 1. The Balaban J connectivity index is 0.00000364. The zero-order chi connectivity index (χ0) is 18.6. The van der Waals surface area contributed by atoms with Gasteiger partial charge in [-0.2, -0.15) is 0 Å². The van der Waals surface area contributed by atoms with Crippen LogP contribution in [0.15, 0.2) is 4.99 Å². The van der Waals surface area contributed by atoms with Gasteiger partial charge in [-0.15, -0.1) is 24.0 Å². The van der Waals surface area contributed by atoms with Crippen LogP contribution in [0, 0.1) is 5.92 Å². The van der Waals surface area contributed by atoms with Crippen molar-refractivity contribution in [2.45, 2.75) is 52.0 Å². The van der Waals surface area contributed by atoms with Crippen molar-refractivity contribution < 1.29 is 4.74 Å². The molecule has 27 heavy (non-hydrogen) atoms. The zero-order valence-corrected chi connectivity index (χ0v) is 20.0. The maximum atomic E-state index is 5.19. The summed E-state index contributed by atoms with van der Waals surface area (Å²) in [6, 6.07) is 0.541. The van der Waals surface area contributed by atoms with Crippen LogP contribution in [-0.4, -0.2) is 87.9 Å². The molecule has 0 aromatic carbocycles. The van der Waals surface area contributed by atoms with Crippen LogP contribution < -0.4 is 10.6 Å². The molecule has 2 aliphatic heterocycles. The molecule has 160 valence electrons. The van der Waals surface area contributed by atoms with Crippen molar-refractivity contribution in [3.63, 3.8) is 0 Å². The van der Waals surface area contributed by atoms with Crippen molar-refractivity contribution in [3.05, 3.63) is 0 Å². The minimum Gasteiger partial charge on any atom is -0.383 e. The molecule has 0 aromatic rings. The number of methoxy groups -OCH3 is 1. The van der Waals surface area contributed by atoms with Gasteiger partial charge in [0.25, 0.3) is 0 Å². The number of aliphatic imine (C=N–C) groups is 1. The molecule has 0 unspecified atom stereocenters. The van der Waals surface area contributed by atoms with Crippen molar-refractivity contribution in [1.82, 2.24) is 20.4 Å². The van der Waals surface area contributed by atoms with E-state index in [4.69, 9.17) is 9.73 Å². The summed E-state index contributed by atoms with van der Waals surface area (Å²) in [5.74, 6) is 1.86. The van der Waals surface area contributed by atoms with E-state index in [9.17, 15) is 0 Å². The Bertz CT molecular complexity index is 394. The van der Waals surface area contributed by atoms with Crippen molar-refractivity contribution in [2.75, 3.05) is 66.1 Å². The molecule has 6 nitrogen and oxygen atoms in total. The van der Waals surface area contributed by atoms with Gasteiger partial charge in [-0.25, -0.2) is 0 Å². The molecule has 0 atom stereocenters. The van der Waals surface area contributed by atoms with E-state index in [0.29, 0.717) is 6.04 Å². The number of hydrogen-bond acceptors (Lipinski definition) is 4. The largest absolute Gasteiger partial charge is 0.383 e. The molecule has 2 N–H and O–H groups in total. The average Bonchev–Trinajstić information content (AvgIpc) is 2.68. The van der Waals surface area contributed by atoms with Crippen molar-refractivity contribution >= 4 is 29.9 Å². The van der Waals surface area contributed by atoms with Gasteiger partial charge in [0.05, 0.1) is 6.61 Å². The van der Waals surface area contributed by atoms with Crippen LogP contribution in [0.4, 0.5) is 0 Å². The lowest BCUT2D eigenvalue weighted by atomic mass is 9.94. The monoisotopic (exact) mass is 495 g/mol. The van der Waals surface area contributed by atoms with Crippen molar-refractivity contribution in [3.8, 4) is 0 Å². The predicted octanol–water partition coefficient (Wildman–Crippen LogP) is 2.39. The van der Waals surface area contributed by atoms with Crippen LogP contribution in [0.2, 0.25) is 0 Å². The smallest absolute Gasteiger partial charge is 0.191 e. The molecule has 0 aromatic heterocycles. The van der Waals surface area contributed by atoms with Gasteiger partial charge in [0.15, 0.2) is 5.96 Å². The Kier molecular flexibility index (Phi) is 13.7. The van der Waals surface area contributed by atoms with Gasteiger partial charge < -0.3 is 25.2 Å². The van der Waals surface area contributed by atoms with E-state index in [-0.39, 0.29) is 24.0 Å². The third-order valence-corrected chi connectivity index (χ3v) is 5.85. The number of rotatable bonds is 9. The van der Waals surface area contributed by atoms with E-state index in [0.717, 1.165) is 51.2 Å². The highest BCUT2D eigenvalue weighted by molar-refractivity contribution is 14.0. The lowest BCUT2D eigenvalue weighted by Gasteiger charge is -2.33. The SMILES string of the molecule is CCNC(=NCCC1CCN(CC)CC1)NC1CCN(CCOC)CC1.I. The molecule has 2 aliphatic rings. The first-order valence-corrected chi connectivity index (χ1v) is 10.7. The van der Waals surface area contributed by atoms with Crippen LogP contribution >= 0.6 is 24.0 Å². The van der Waals surface area contributed by atoms with E-state index in [1.54, 1.807) is 7.11 Å². The molecule has 2 heterocycles. The molecule has 7 heteroatoms. The molecule has 0 bridgehead atoms. The maximum Gasteiger partial charge on any atom is 0.191 e. The Labute approximate surface area is 183 Å². The summed E-state index contributed by atoms with van der Waals surface area (Å²) in [5, 5.41) is 7.09. The van der Waals surface area contributed by atoms with Gasteiger partial charge in [-0.3, -0.25) is 4.99 Å². The number of likely N-dealkylation sites (tertiary alicyclic amines) is 2. The third kappa shape index (κ3) is 9.76. The fraction of sp³-hybridized carbons (Fsp3) is 0.950. The molecule has 2 saturated heterocycles. The summed E-state index contributed by atoms with van der Waals surface area (Å²) in [4.78, 5) is 9.91. The number of nitrogens with zero attached hydrogens (tertiary/aromatic N) is 3. The topological polar surface area (TPSA) is 52.1 Å². The Morgan fingerprint density at radius 2 is 1.70 bits per heavy atom. The number of nitrogens with one attached hydrogen (secondary N) is 2. The van der Waals surface area contributed by atoms with Crippen LogP contribution in [-0.2, 0) is 4.74 Å². The van der Waals surface area contributed by atoms with E-state index in [2.05, 4.69) is 34.3 Å². The first-order valence-electron chi connectivity index (χ1n) is 10.7. The average molecular weight is 495 g/mol. The molecule has 0 aliphatic carbocycles. The van der Waals surface area contributed by atoms with Crippen LogP contribution in [0.1, 0.15) is 46.0 Å². The van der Waals surface area contributed by atoms with Gasteiger partial charge in [-0.1, -0.05) is 6.92 Å². The van der Waals surface area contributed by atoms with E-state index >= 15 is 0 Å². The lowest BCUT2D eigenvalue weighted by Crippen LogP contribution is -2.49. The highest BCUT2D eigenvalue weighted by Gasteiger charge is 2.20. The second-order valence-electron chi connectivity index (χ2n) is 7.68. The van der Waals surface area contributed by atoms with Gasteiger partial charge in [0, 0.05) is 45.9 Å². The Morgan fingerprint density at radius 1 is 1.04 bits per heavy atom. The third-order valence-electron chi connectivity index (χ3n) is 5.85. The highest BCUT2D eigenvalue weighted by Crippen LogP contribution is 2.20. The molecule has 0 amide bonds. The molecule has 0 spiro atoms. The van der Waals surface area contributed by atoms with E-state index in [1.807, 2.05) is 0 Å². The molecular formula is C20H42IN5O. The van der Waals surface area contributed by atoms with Gasteiger partial charge in [0.1, 0.15) is 0 Å². The Morgan fingerprint density at radius 3 is 2.30 bits per heavy atom. The number of hydrogen-bond donors (Lipinski definition) is 2. The minimum absolute atomic E-state index is 0. The summed E-state index contributed by atoms with van der Waals surface area (Å²) in [5.41, 5.74) is 0. The maximum absolute atomic E-state index is 5.19. The quantitative estimate of drug-likeness (QED) is 0.292. The van der Waals surface area contributed by atoms with Gasteiger partial charge in [0.2, 0.25) is 0 Å². The molecule has 0 radical (unpaired) electrons. The summed E-state index contributed by atoms with van der Waals surface area (Å²) < 4.78 is 5.19. The summed E-state index contributed by atoms with van der Waals surface area (Å²) in [7, 11) is 1.78. The molecular weight excluding hydrogens is 453 g/mol. The van der Waals surface area contributed by atoms with Crippen molar-refractivity contribution in [1.29, 1.82) is 0 Å². The van der Waals surface area contributed by atoms with Crippen LogP contribution in [0.25, 0.3) is 0 Å². The highest BCUT2D eigenvalue weighted by atomic mass is 127. The second kappa shape index (κ2) is 14.8. The second-order valence-corrected chi connectivity index (χ2v) is 7.68. The summed E-state index contributed by atoms with van der Waals surface area (Å²) >= 11 is 0. The number of ether oxygens (including phenoxy) is 1. The van der Waals surface area contributed by atoms with Crippen LogP contribution in [0.5, 0.6) is 0 Å². The fourth-order valence-electron chi connectivity index (χ4n) is 3.98. The van der Waals surface area contributed by atoms with Gasteiger partial charge in [-0.05, 0) is 64.6 Å². The van der Waals surface area contributed by atoms with Gasteiger partial charge >= 0.3 is 0 Å². The van der Waals surface area contributed by atoms with Crippen LogP contribution in [0.3, 0.4) is 0 Å². The van der Waals surface area contributed by atoms with E-state index in [1.165, 1.54) is 51.7 Å². The standard InChI is InChI=1S/C20H41N5O.HI/c1-4-21-20(22-11-6-18-7-12-24(5-2)13-8-18)23-19-9-14-25(15-10-19)16-17-26-3;/h18-19H,4-17H2,1-3H3,(H2,21,22,23);1H. The number of halogens is 1. The fourth-order valence-corrected chi connectivity index (χ4v) is 3.98. The minimum atomic E-state index is 0. The summed E-state index contributed by atoms with van der Waals surface area (Å²) in [6.45, 7) is 14.2. The first kappa shape index (κ1) is 24.9. The molecule has 2 fully saturated rings. The zero-order valence-electron chi connectivity index (χ0n) is 17.7.